The number of carboxylic acid groups (broad SMARTS) is 1. The number of carbonyl (C=O) groups is 3. The molecule has 1 unspecified atom stereocenters. The van der Waals surface area contributed by atoms with Crippen molar-refractivity contribution in [1.82, 2.24) is 10.6 Å². The van der Waals surface area contributed by atoms with Crippen LogP contribution in [0.25, 0.3) is 0 Å². The Kier molecular flexibility index (Phi) is 12.5. The molecule has 2 amide bonds. The van der Waals surface area contributed by atoms with Crippen LogP contribution in [0.2, 0.25) is 0 Å². The maximum atomic E-state index is 12.0. The molecule has 13 heteroatoms. The number of amides is 2. The quantitative estimate of drug-likeness (QED) is 0.189. The number of aliphatic carboxylic acids is 1. The largest absolute Gasteiger partial charge is 0.755 e. The zero-order chi connectivity index (χ0) is 28.1. The summed E-state index contributed by atoms with van der Waals surface area (Å²) >= 11 is -2.85. The summed E-state index contributed by atoms with van der Waals surface area (Å²) in [5.74, 6) is -1.10. The minimum Gasteiger partial charge on any atom is -0.755 e. The molecule has 0 aliphatic rings. The number of nitrogens with one attached hydrogen (secondary N) is 2. The van der Waals surface area contributed by atoms with Gasteiger partial charge in [0.2, 0.25) is 5.91 Å². The number of benzene rings is 2. The third-order valence-corrected chi connectivity index (χ3v) is 6.14. The fraction of sp³-hybridized carbons (Fsp3) is 0.400. The van der Waals surface area contributed by atoms with Crippen LogP contribution >= 0.6 is 0 Å². The molecule has 0 aliphatic carbocycles. The van der Waals surface area contributed by atoms with Crippen molar-refractivity contribution in [2.75, 3.05) is 30.5 Å². The Morgan fingerprint density at radius 3 is 2.32 bits per heavy atom. The molecule has 0 aliphatic heterocycles. The van der Waals surface area contributed by atoms with Gasteiger partial charge in [0.25, 0.3) is 0 Å². The van der Waals surface area contributed by atoms with E-state index in [1.807, 2.05) is 30.3 Å². The van der Waals surface area contributed by atoms with Gasteiger partial charge in [-0.05, 0) is 49.1 Å². The lowest BCUT2D eigenvalue weighted by atomic mass is 10.1. The highest BCUT2D eigenvalue weighted by molar-refractivity contribution is 7.80. The number of aryl methyl sites for hydroxylation is 2. The van der Waals surface area contributed by atoms with Crippen molar-refractivity contribution in [3.63, 3.8) is 0 Å². The number of alkyl carbamates (subject to hydrolysis) is 1. The van der Waals surface area contributed by atoms with Gasteiger partial charge in [0, 0.05) is 37.3 Å². The van der Waals surface area contributed by atoms with Crippen LogP contribution in [0.3, 0.4) is 0 Å². The molecule has 12 nitrogen and oxygen atoms in total. The zero-order valence-corrected chi connectivity index (χ0v) is 22.1. The molecule has 0 bridgehead atoms. The predicted molar refractivity (Wildman–Crippen MR) is 140 cm³/mol. The first kappa shape index (κ1) is 30.5. The van der Waals surface area contributed by atoms with Gasteiger partial charge in [-0.15, -0.1) is 0 Å². The number of ether oxygens (including phenoxy) is 2. The molecule has 0 aromatic heterocycles. The SMILES string of the molecule is Cc1cc(OCCCC(=O)NCCNC(=O)OCc2ccccc2)cc(C)c1N([C@@H](CN)C(=O)O)S(=O)[O-]. The van der Waals surface area contributed by atoms with E-state index in [0.29, 0.717) is 23.3 Å². The van der Waals surface area contributed by atoms with E-state index in [9.17, 15) is 28.3 Å². The lowest BCUT2D eigenvalue weighted by Gasteiger charge is -2.33. The maximum Gasteiger partial charge on any atom is 0.407 e. The number of hydrogen-bond donors (Lipinski definition) is 4. The van der Waals surface area contributed by atoms with Crippen LogP contribution in [-0.4, -0.2) is 64.1 Å². The average Bonchev–Trinajstić information content (AvgIpc) is 2.87. The Labute approximate surface area is 223 Å². The molecular formula is C25H33N4O8S-. The Balaban J connectivity index is 1.73. The number of nitrogens with two attached hydrogens (primary N) is 1. The molecule has 0 saturated carbocycles. The van der Waals surface area contributed by atoms with Crippen LogP contribution < -0.4 is 25.4 Å². The molecular weight excluding hydrogens is 516 g/mol. The topological polar surface area (TPSA) is 183 Å². The molecule has 2 aromatic carbocycles. The summed E-state index contributed by atoms with van der Waals surface area (Å²) in [6, 6.07) is 11.0. The molecule has 2 rings (SSSR count). The number of nitrogens with zero attached hydrogens (tertiary/aromatic N) is 1. The highest BCUT2D eigenvalue weighted by Gasteiger charge is 2.28. The molecule has 2 aromatic rings. The van der Waals surface area contributed by atoms with E-state index in [2.05, 4.69) is 10.6 Å². The zero-order valence-electron chi connectivity index (χ0n) is 21.3. The second-order valence-electron chi connectivity index (χ2n) is 8.33. The molecule has 0 fully saturated rings. The highest BCUT2D eigenvalue weighted by Crippen LogP contribution is 2.32. The molecule has 38 heavy (non-hydrogen) atoms. The molecule has 0 spiro atoms. The lowest BCUT2D eigenvalue weighted by molar-refractivity contribution is -0.138. The molecule has 0 heterocycles. The van der Waals surface area contributed by atoms with Gasteiger partial charge >= 0.3 is 12.1 Å². The van der Waals surface area contributed by atoms with E-state index in [1.54, 1.807) is 26.0 Å². The average molecular weight is 550 g/mol. The predicted octanol–water partition coefficient (Wildman–Crippen LogP) is 1.52. The second kappa shape index (κ2) is 15.5. The lowest BCUT2D eigenvalue weighted by Crippen LogP contribution is -2.47. The third kappa shape index (κ3) is 9.65. The number of rotatable bonds is 15. The van der Waals surface area contributed by atoms with Crippen LogP contribution in [0.5, 0.6) is 5.75 Å². The van der Waals surface area contributed by atoms with E-state index in [1.165, 1.54) is 0 Å². The van der Waals surface area contributed by atoms with Gasteiger partial charge in [0.15, 0.2) is 6.04 Å². The number of carbonyl (C=O) groups excluding carboxylic acids is 2. The molecule has 5 N–H and O–H groups in total. The fourth-order valence-electron chi connectivity index (χ4n) is 3.63. The van der Waals surface area contributed by atoms with Crippen molar-refractivity contribution < 1.29 is 37.7 Å². The van der Waals surface area contributed by atoms with Crippen LogP contribution in [0.4, 0.5) is 10.5 Å². The number of carboxylic acids is 1. The van der Waals surface area contributed by atoms with Gasteiger partial charge in [-0.1, -0.05) is 30.3 Å². The van der Waals surface area contributed by atoms with Gasteiger partial charge in [0.1, 0.15) is 12.4 Å². The van der Waals surface area contributed by atoms with Gasteiger partial charge in [-0.2, -0.15) is 0 Å². The Hall–Kier alpha value is -3.68. The highest BCUT2D eigenvalue weighted by atomic mass is 32.2. The number of anilines is 1. The summed E-state index contributed by atoms with van der Waals surface area (Å²) in [4.78, 5) is 35.2. The van der Waals surface area contributed by atoms with E-state index in [-0.39, 0.29) is 44.3 Å². The van der Waals surface area contributed by atoms with Gasteiger partial charge in [0.05, 0.1) is 12.3 Å². The Morgan fingerprint density at radius 2 is 1.74 bits per heavy atom. The van der Waals surface area contributed by atoms with Crippen LogP contribution in [-0.2, 0) is 32.2 Å². The van der Waals surface area contributed by atoms with Crippen molar-refractivity contribution in [2.24, 2.45) is 5.73 Å². The maximum absolute atomic E-state index is 12.0. The summed E-state index contributed by atoms with van der Waals surface area (Å²) < 4.78 is 35.1. The Bertz CT molecular complexity index is 1090. The van der Waals surface area contributed by atoms with E-state index < -0.39 is 35.9 Å². The molecule has 0 saturated heterocycles. The second-order valence-corrected chi connectivity index (χ2v) is 9.16. The molecule has 0 radical (unpaired) electrons. The Morgan fingerprint density at radius 1 is 1.11 bits per heavy atom. The summed E-state index contributed by atoms with van der Waals surface area (Å²) in [5, 5.41) is 14.6. The van der Waals surface area contributed by atoms with E-state index in [0.717, 1.165) is 9.87 Å². The van der Waals surface area contributed by atoms with E-state index in [4.69, 9.17) is 15.2 Å². The van der Waals surface area contributed by atoms with Crippen LogP contribution in [0.1, 0.15) is 29.5 Å². The smallest absolute Gasteiger partial charge is 0.407 e. The first-order valence-corrected chi connectivity index (χ1v) is 12.9. The minimum absolute atomic E-state index is 0.160. The molecule has 208 valence electrons. The minimum atomic E-state index is -2.85. The summed E-state index contributed by atoms with van der Waals surface area (Å²) in [5.41, 5.74) is 7.58. The number of hydrogen-bond acceptors (Lipinski definition) is 8. The van der Waals surface area contributed by atoms with Gasteiger partial charge < -0.3 is 35.5 Å². The van der Waals surface area contributed by atoms with Gasteiger partial charge in [-0.25, -0.2) is 9.59 Å². The summed E-state index contributed by atoms with van der Waals surface area (Å²) in [7, 11) is 0. The van der Waals surface area contributed by atoms with Gasteiger partial charge in [-0.3, -0.25) is 13.3 Å². The standard InChI is InChI=1S/C25H34N4O8S/c1-17-13-20(14-18(2)23(17)29(38(34)35)21(15-26)24(31)32)36-12-6-9-22(30)27-10-11-28-25(33)37-16-19-7-4-3-5-8-19/h3-5,7-8,13-14,21H,6,9-12,15-16,26H2,1-2H3,(H,27,30)(H,28,33)(H,31,32)(H,34,35)/p-1/t21-/m0/s1. The summed E-state index contributed by atoms with van der Waals surface area (Å²) in [6.07, 6.45) is 0.0523. The monoisotopic (exact) mass is 549 g/mol. The van der Waals surface area contributed by atoms with Crippen LogP contribution in [0, 0.1) is 13.8 Å². The third-order valence-electron chi connectivity index (χ3n) is 5.38. The van der Waals surface area contributed by atoms with Crippen molar-refractivity contribution in [3.05, 3.63) is 59.2 Å². The van der Waals surface area contributed by atoms with Crippen LogP contribution in [0.15, 0.2) is 42.5 Å². The van der Waals surface area contributed by atoms with E-state index >= 15 is 0 Å². The normalized spacial score (nSPS) is 12.2. The van der Waals surface area contributed by atoms with Crippen molar-refractivity contribution in [1.29, 1.82) is 0 Å². The fourth-order valence-corrected chi connectivity index (χ4v) is 4.45. The van der Waals surface area contributed by atoms with Crippen molar-refractivity contribution in [3.8, 4) is 5.75 Å². The first-order chi connectivity index (χ1) is 18.1. The van der Waals surface area contributed by atoms with Crippen molar-refractivity contribution in [2.45, 2.75) is 39.3 Å². The summed E-state index contributed by atoms with van der Waals surface area (Å²) in [6.45, 7) is 3.75. The molecule has 2 atom stereocenters. The van der Waals surface area contributed by atoms with Crippen molar-refractivity contribution >= 4 is 34.9 Å². The first-order valence-electron chi connectivity index (χ1n) is 11.9.